The Morgan fingerprint density at radius 1 is 1.26 bits per heavy atom. The van der Waals surface area contributed by atoms with Gasteiger partial charge in [-0.3, -0.25) is 4.79 Å². The molecular formula is C27H28ClF3N4O4. The van der Waals surface area contributed by atoms with Crippen LogP contribution in [0.2, 0.25) is 5.02 Å². The molecule has 1 spiro atoms. The molecule has 12 heteroatoms. The number of alkyl halides is 3. The van der Waals surface area contributed by atoms with Gasteiger partial charge in [-0.15, -0.1) is 0 Å². The number of rotatable bonds is 6. The van der Waals surface area contributed by atoms with Crippen LogP contribution in [-0.4, -0.2) is 53.0 Å². The zero-order valence-electron chi connectivity index (χ0n) is 20.9. The van der Waals surface area contributed by atoms with E-state index in [1.54, 1.807) is 0 Å². The highest BCUT2D eigenvalue weighted by molar-refractivity contribution is 6.30. The zero-order chi connectivity index (χ0) is 27.8. The van der Waals surface area contributed by atoms with E-state index in [0.717, 1.165) is 5.57 Å². The number of carboxylic acid groups (broad SMARTS) is 1. The van der Waals surface area contributed by atoms with Crippen molar-refractivity contribution in [1.29, 1.82) is 0 Å². The molecule has 1 aromatic heterocycles. The van der Waals surface area contributed by atoms with Crippen molar-refractivity contribution in [3.63, 3.8) is 0 Å². The van der Waals surface area contributed by atoms with E-state index < -0.39 is 24.3 Å². The van der Waals surface area contributed by atoms with Gasteiger partial charge in [0.05, 0.1) is 18.9 Å². The average molecular weight is 565 g/mol. The third-order valence-corrected chi connectivity index (χ3v) is 7.74. The second kappa shape index (κ2) is 10.8. The quantitative estimate of drug-likeness (QED) is 0.438. The fourth-order valence-corrected chi connectivity index (χ4v) is 5.66. The average Bonchev–Trinajstić information content (AvgIpc) is 3.31. The molecule has 8 nitrogen and oxygen atoms in total. The fourth-order valence-electron chi connectivity index (χ4n) is 5.49. The fraction of sp³-hybridized carbons (Fsp3) is 0.444. The van der Waals surface area contributed by atoms with Crippen molar-refractivity contribution in [1.82, 2.24) is 15.3 Å². The highest BCUT2D eigenvalue weighted by Crippen LogP contribution is 2.45. The number of aliphatic carboxylic acids is 1. The summed E-state index contributed by atoms with van der Waals surface area (Å²) >= 11 is 6.14. The third kappa shape index (κ3) is 6.05. The lowest BCUT2D eigenvalue weighted by molar-refractivity contribution is -0.198. The van der Waals surface area contributed by atoms with Crippen molar-refractivity contribution in [3.8, 4) is 5.88 Å². The summed E-state index contributed by atoms with van der Waals surface area (Å²) in [7, 11) is 0. The number of carboxylic acids is 1. The van der Waals surface area contributed by atoms with Crippen molar-refractivity contribution in [3.05, 3.63) is 58.3 Å². The molecule has 4 N–H and O–H groups in total. The largest absolute Gasteiger partial charge is 0.480 e. The van der Waals surface area contributed by atoms with Crippen LogP contribution in [0.5, 0.6) is 5.88 Å². The summed E-state index contributed by atoms with van der Waals surface area (Å²) in [5, 5.41) is 12.7. The van der Waals surface area contributed by atoms with Gasteiger partial charge in [0.15, 0.2) is 0 Å². The Balaban J connectivity index is 1.43. The minimum atomic E-state index is -4.77. The number of anilines is 1. The lowest BCUT2D eigenvalue weighted by Gasteiger charge is -2.32. The Morgan fingerprint density at radius 3 is 2.72 bits per heavy atom. The maximum Gasteiger partial charge on any atom is 0.429 e. The Hall–Kier alpha value is -3.15. The molecule has 2 aromatic rings. The SMILES string of the molecule is Nc1nc(O[C@H](c2ccc(Cl)cc2C2=CCCOC2)C(F)(F)F)cc(C2=CC[C@@]3(CC2)CNC(C(=O)O)C3)n1. The minimum Gasteiger partial charge on any atom is -0.480 e. The number of ether oxygens (including phenoxy) is 2. The molecule has 1 aromatic carbocycles. The van der Waals surface area contributed by atoms with E-state index in [4.69, 9.17) is 26.8 Å². The van der Waals surface area contributed by atoms with Gasteiger partial charge < -0.3 is 25.6 Å². The number of benzene rings is 1. The van der Waals surface area contributed by atoms with E-state index >= 15 is 0 Å². The third-order valence-electron chi connectivity index (χ3n) is 7.50. The highest BCUT2D eigenvalue weighted by Gasteiger charge is 2.45. The van der Waals surface area contributed by atoms with Gasteiger partial charge in [0.2, 0.25) is 17.9 Å². The maximum absolute atomic E-state index is 14.4. The van der Waals surface area contributed by atoms with Gasteiger partial charge in [-0.25, -0.2) is 4.98 Å². The first kappa shape index (κ1) is 27.4. The zero-order valence-corrected chi connectivity index (χ0v) is 21.7. The molecule has 0 saturated carbocycles. The molecular weight excluding hydrogens is 537 g/mol. The summed E-state index contributed by atoms with van der Waals surface area (Å²) in [5.41, 5.74) is 7.71. The number of nitrogens with one attached hydrogen (secondary N) is 1. The monoisotopic (exact) mass is 564 g/mol. The summed E-state index contributed by atoms with van der Waals surface area (Å²) in [6.45, 7) is 1.25. The summed E-state index contributed by atoms with van der Waals surface area (Å²) in [5.74, 6) is -1.38. The molecule has 0 bridgehead atoms. The number of hydrogen-bond donors (Lipinski definition) is 3. The Morgan fingerprint density at radius 2 is 2.08 bits per heavy atom. The molecule has 1 aliphatic carbocycles. The molecule has 0 radical (unpaired) electrons. The number of allylic oxidation sites excluding steroid dienone is 2. The number of aromatic nitrogens is 2. The maximum atomic E-state index is 14.4. The van der Waals surface area contributed by atoms with Crippen molar-refractivity contribution < 1.29 is 32.5 Å². The summed E-state index contributed by atoms with van der Waals surface area (Å²) < 4.78 is 54.2. The lowest BCUT2D eigenvalue weighted by Crippen LogP contribution is -2.30. The molecule has 39 heavy (non-hydrogen) atoms. The predicted octanol–water partition coefficient (Wildman–Crippen LogP) is 5.20. The topological polar surface area (TPSA) is 120 Å². The van der Waals surface area contributed by atoms with Crippen molar-refractivity contribution in [2.75, 3.05) is 25.5 Å². The first-order valence-electron chi connectivity index (χ1n) is 12.6. The van der Waals surface area contributed by atoms with Crippen LogP contribution in [0.3, 0.4) is 0 Å². The van der Waals surface area contributed by atoms with Crippen LogP contribution < -0.4 is 15.8 Å². The van der Waals surface area contributed by atoms with Crippen molar-refractivity contribution in [2.24, 2.45) is 5.41 Å². The molecule has 1 saturated heterocycles. The van der Waals surface area contributed by atoms with E-state index in [2.05, 4.69) is 15.3 Å². The lowest BCUT2D eigenvalue weighted by atomic mass is 9.73. The number of nitrogens with two attached hydrogens (primary N) is 1. The Kier molecular flexibility index (Phi) is 7.58. The molecule has 5 rings (SSSR count). The van der Waals surface area contributed by atoms with Gasteiger partial charge in [0.25, 0.3) is 0 Å². The molecule has 1 fully saturated rings. The minimum absolute atomic E-state index is 0.108. The van der Waals surface area contributed by atoms with Crippen LogP contribution >= 0.6 is 11.6 Å². The first-order chi connectivity index (χ1) is 18.5. The van der Waals surface area contributed by atoms with E-state index in [9.17, 15) is 23.1 Å². The second-order valence-electron chi connectivity index (χ2n) is 10.2. The summed E-state index contributed by atoms with van der Waals surface area (Å²) in [6, 6.07) is 4.96. The standard InChI is InChI=1S/C27H28ClF3N4O4/c28-17-3-4-18(19(10-17)16-2-1-9-38-13-16)23(27(29,30)31)39-22-11-20(34-25(32)35-22)15-5-7-26(8-6-15)12-21(24(36)37)33-14-26/h2-5,10-11,21,23,33H,1,6-9,12-14H2,(H,36,37)(H2,32,34,35)/t21?,23-,26+/m1/s1. The van der Waals surface area contributed by atoms with Crippen LogP contribution in [-0.2, 0) is 9.53 Å². The van der Waals surface area contributed by atoms with Crippen molar-refractivity contribution in [2.45, 2.75) is 50.4 Å². The molecule has 3 atom stereocenters. The summed E-state index contributed by atoms with van der Waals surface area (Å²) in [4.78, 5) is 19.5. The molecule has 2 aliphatic heterocycles. The number of hydrogen-bond acceptors (Lipinski definition) is 7. The molecule has 3 aliphatic rings. The molecule has 0 amide bonds. The first-order valence-corrected chi connectivity index (χ1v) is 13.0. The highest BCUT2D eigenvalue weighted by atomic mass is 35.5. The van der Waals surface area contributed by atoms with E-state index in [0.29, 0.717) is 67.1 Å². The Bertz CT molecular complexity index is 1330. The van der Waals surface area contributed by atoms with Gasteiger partial charge in [-0.2, -0.15) is 18.2 Å². The van der Waals surface area contributed by atoms with Crippen molar-refractivity contribution >= 4 is 34.7 Å². The van der Waals surface area contributed by atoms with Crippen LogP contribution in [0, 0.1) is 5.41 Å². The number of halogens is 4. The van der Waals surface area contributed by atoms with Crippen LogP contribution in [0.15, 0.2) is 36.4 Å². The van der Waals surface area contributed by atoms with Gasteiger partial charge in [0.1, 0.15) is 6.04 Å². The molecule has 208 valence electrons. The van der Waals surface area contributed by atoms with E-state index in [1.165, 1.54) is 24.3 Å². The number of nitrogen functional groups attached to an aromatic ring is 1. The molecule has 1 unspecified atom stereocenters. The number of carbonyl (C=O) groups is 1. The second-order valence-corrected chi connectivity index (χ2v) is 10.6. The summed E-state index contributed by atoms with van der Waals surface area (Å²) in [6.07, 6.45) is -0.313. The normalized spacial score (nSPS) is 24.3. The van der Waals surface area contributed by atoms with Crippen LogP contribution in [0.1, 0.15) is 55.0 Å². The van der Waals surface area contributed by atoms with Gasteiger partial charge in [-0.1, -0.05) is 29.8 Å². The predicted molar refractivity (Wildman–Crippen MR) is 139 cm³/mol. The smallest absolute Gasteiger partial charge is 0.429 e. The molecule has 3 heterocycles. The van der Waals surface area contributed by atoms with Crippen LogP contribution in [0.4, 0.5) is 19.1 Å². The van der Waals surface area contributed by atoms with Gasteiger partial charge >= 0.3 is 12.1 Å². The number of nitrogens with zero attached hydrogens (tertiary/aromatic N) is 2. The van der Waals surface area contributed by atoms with Crippen LogP contribution in [0.25, 0.3) is 11.1 Å². The van der Waals surface area contributed by atoms with Gasteiger partial charge in [-0.05, 0) is 66.4 Å². The van der Waals surface area contributed by atoms with E-state index in [-0.39, 0.29) is 29.4 Å². The van der Waals surface area contributed by atoms with Gasteiger partial charge in [0, 0.05) is 23.2 Å². The van der Waals surface area contributed by atoms with E-state index in [1.807, 2.05) is 12.2 Å². The Labute approximate surface area is 228 Å².